The summed E-state index contributed by atoms with van der Waals surface area (Å²) < 4.78 is 5.76. The number of hydrogen-bond donors (Lipinski definition) is 1. The van der Waals surface area contributed by atoms with Gasteiger partial charge in [0, 0.05) is 11.7 Å². The molecule has 17 heavy (non-hydrogen) atoms. The maximum absolute atomic E-state index is 5.76. The lowest BCUT2D eigenvalue weighted by molar-refractivity contribution is -0.0337. The first-order chi connectivity index (χ1) is 8.17. The van der Waals surface area contributed by atoms with Crippen LogP contribution in [-0.4, -0.2) is 18.2 Å². The van der Waals surface area contributed by atoms with E-state index in [1.165, 1.54) is 11.3 Å². The predicted octanol–water partition coefficient (Wildman–Crippen LogP) is 3.62. The molecule has 0 radical (unpaired) electrons. The second-order valence-electron chi connectivity index (χ2n) is 5.12. The highest BCUT2D eigenvalue weighted by Gasteiger charge is 2.24. The highest BCUT2D eigenvalue weighted by atomic mass is 16.5. The van der Waals surface area contributed by atoms with Crippen molar-refractivity contribution in [2.24, 2.45) is 0 Å². The molecule has 1 saturated heterocycles. The van der Waals surface area contributed by atoms with Crippen LogP contribution in [0.2, 0.25) is 0 Å². The fraction of sp³-hybridized carbons (Fsp3) is 0.600. The van der Waals surface area contributed by atoms with Gasteiger partial charge in [-0.3, -0.25) is 0 Å². The van der Waals surface area contributed by atoms with Gasteiger partial charge in [0.05, 0.1) is 12.2 Å². The molecule has 0 aromatic heterocycles. The van der Waals surface area contributed by atoms with Crippen LogP contribution < -0.4 is 5.32 Å². The number of nitrogens with one attached hydrogen (secondary N) is 1. The van der Waals surface area contributed by atoms with Crippen molar-refractivity contribution in [2.75, 3.05) is 5.32 Å². The Morgan fingerprint density at radius 1 is 1.24 bits per heavy atom. The van der Waals surface area contributed by atoms with Crippen molar-refractivity contribution in [3.8, 4) is 0 Å². The zero-order valence-electron chi connectivity index (χ0n) is 11.1. The van der Waals surface area contributed by atoms with Gasteiger partial charge in [0.1, 0.15) is 0 Å². The molecule has 2 atom stereocenters. The first-order valence-electron chi connectivity index (χ1n) is 6.68. The van der Waals surface area contributed by atoms with E-state index < -0.39 is 0 Å². The van der Waals surface area contributed by atoms with Crippen LogP contribution in [0, 0.1) is 0 Å². The molecule has 1 aliphatic heterocycles. The first-order valence-corrected chi connectivity index (χ1v) is 6.68. The van der Waals surface area contributed by atoms with Crippen LogP contribution in [0.5, 0.6) is 0 Å². The maximum Gasteiger partial charge on any atom is 0.0570 e. The Morgan fingerprint density at radius 2 is 1.94 bits per heavy atom. The predicted molar refractivity (Wildman–Crippen MR) is 72.5 cm³/mol. The Hall–Kier alpha value is -1.02. The summed E-state index contributed by atoms with van der Waals surface area (Å²) in [6, 6.07) is 9.27. The van der Waals surface area contributed by atoms with Crippen LogP contribution in [0.25, 0.3) is 0 Å². The molecule has 2 unspecified atom stereocenters. The second kappa shape index (κ2) is 5.54. The van der Waals surface area contributed by atoms with Crippen LogP contribution in [0.4, 0.5) is 5.69 Å². The van der Waals surface area contributed by atoms with Crippen molar-refractivity contribution < 1.29 is 4.74 Å². The van der Waals surface area contributed by atoms with Crippen LogP contribution >= 0.6 is 0 Å². The Labute approximate surface area is 104 Å². The Morgan fingerprint density at radius 3 is 2.59 bits per heavy atom. The van der Waals surface area contributed by atoms with Gasteiger partial charge in [-0.2, -0.15) is 0 Å². The molecule has 1 heterocycles. The number of hydrogen-bond acceptors (Lipinski definition) is 2. The fourth-order valence-corrected chi connectivity index (χ4v) is 2.64. The Kier molecular flexibility index (Phi) is 4.06. The van der Waals surface area contributed by atoms with E-state index in [0.717, 1.165) is 19.3 Å². The number of anilines is 1. The fourth-order valence-electron chi connectivity index (χ4n) is 2.64. The highest BCUT2D eigenvalue weighted by molar-refractivity contribution is 5.46. The number of aryl methyl sites for hydroxylation is 1. The van der Waals surface area contributed by atoms with Gasteiger partial charge < -0.3 is 10.1 Å². The minimum atomic E-state index is 0.366. The zero-order valence-corrected chi connectivity index (χ0v) is 11.1. The minimum Gasteiger partial charge on any atom is -0.382 e. The normalized spacial score (nSPS) is 29.0. The third-order valence-corrected chi connectivity index (χ3v) is 3.40. The van der Waals surface area contributed by atoms with Gasteiger partial charge in [-0.25, -0.2) is 0 Å². The Bertz CT molecular complexity index is 354. The third kappa shape index (κ3) is 3.47. The molecule has 1 fully saturated rings. The lowest BCUT2D eigenvalue weighted by Crippen LogP contribution is -2.36. The summed E-state index contributed by atoms with van der Waals surface area (Å²) in [5.74, 6) is 0. The summed E-state index contributed by atoms with van der Waals surface area (Å²) in [4.78, 5) is 0. The summed E-state index contributed by atoms with van der Waals surface area (Å²) in [6.07, 6.45) is 4.02. The van der Waals surface area contributed by atoms with Crippen LogP contribution in [0.3, 0.4) is 0 Å². The van der Waals surface area contributed by atoms with Gasteiger partial charge in [0.15, 0.2) is 0 Å². The number of rotatable bonds is 3. The molecule has 94 valence electrons. The topological polar surface area (TPSA) is 21.3 Å². The lowest BCUT2D eigenvalue weighted by atomic mass is 9.99. The van der Waals surface area contributed by atoms with E-state index in [4.69, 9.17) is 4.74 Å². The van der Waals surface area contributed by atoms with Crippen LogP contribution in [0.1, 0.15) is 39.2 Å². The molecular weight excluding hydrogens is 210 g/mol. The summed E-state index contributed by atoms with van der Waals surface area (Å²) in [5.41, 5.74) is 2.64. The van der Waals surface area contributed by atoms with Crippen molar-refractivity contribution in [3.63, 3.8) is 0 Å². The largest absolute Gasteiger partial charge is 0.382 e. The van der Waals surface area contributed by atoms with Gasteiger partial charge in [-0.05, 0) is 50.8 Å². The first kappa shape index (κ1) is 12.4. The molecule has 0 spiro atoms. The minimum absolute atomic E-state index is 0.366. The monoisotopic (exact) mass is 233 g/mol. The molecule has 1 aliphatic rings. The summed E-state index contributed by atoms with van der Waals surface area (Å²) in [6.45, 7) is 6.51. The standard InChI is InChI=1S/C15H23NO/c1-4-13-6-5-7-14(10-13)16-15-8-11(2)17-12(3)9-15/h5-7,10-12,15-16H,4,8-9H2,1-3H3. The van der Waals surface area contributed by atoms with E-state index >= 15 is 0 Å². The zero-order chi connectivity index (χ0) is 12.3. The van der Waals surface area contributed by atoms with Crippen molar-refractivity contribution in [3.05, 3.63) is 29.8 Å². The summed E-state index contributed by atoms with van der Waals surface area (Å²) in [5, 5.41) is 3.64. The molecule has 0 saturated carbocycles. The molecule has 0 bridgehead atoms. The van der Waals surface area contributed by atoms with Crippen LogP contribution in [-0.2, 0) is 11.2 Å². The van der Waals surface area contributed by atoms with Gasteiger partial charge in [-0.15, -0.1) is 0 Å². The number of benzene rings is 1. The second-order valence-corrected chi connectivity index (χ2v) is 5.12. The van der Waals surface area contributed by atoms with E-state index in [2.05, 4.69) is 50.4 Å². The molecule has 0 amide bonds. The molecule has 2 heteroatoms. The molecule has 1 N–H and O–H groups in total. The number of ether oxygens (including phenoxy) is 1. The molecule has 2 nitrogen and oxygen atoms in total. The van der Waals surface area contributed by atoms with E-state index in [0.29, 0.717) is 18.2 Å². The molecule has 1 aromatic rings. The maximum atomic E-state index is 5.76. The van der Waals surface area contributed by atoms with Gasteiger partial charge in [0.25, 0.3) is 0 Å². The highest BCUT2D eigenvalue weighted by Crippen LogP contribution is 2.23. The SMILES string of the molecule is CCc1cccc(NC2CC(C)OC(C)C2)c1. The van der Waals surface area contributed by atoms with Gasteiger partial charge in [-0.1, -0.05) is 19.1 Å². The summed E-state index contributed by atoms with van der Waals surface area (Å²) >= 11 is 0. The van der Waals surface area contributed by atoms with E-state index in [1.54, 1.807) is 0 Å². The van der Waals surface area contributed by atoms with Crippen molar-refractivity contribution in [1.82, 2.24) is 0 Å². The average molecular weight is 233 g/mol. The molecular formula is C15H23NO. The average Bonchev–Trinajstić information content (AvgIpc) is 2.28. The smallest absolute Gasteiger partial charge is 0.0570 e. The molecule has 0 aliphatic carbocycles. The van der Waals surface area contributed by atoms with Crippen LogP contribution in [0.15, 0.2) is 24.3 Å². The van der Waals surface area contributed by atoms with Crippen molar-refractivity contribution >= 4 is 5.69 Å². The third-order valence-electron chi connectivity index (χ3n) is 3.40. The summed E-state index contributed by atoms with van der Waals surface area (Å²) in [7, 11) is 0. The van der Waals surface area contributed by atoms with Gasteiger partial charge >= 0.3 is 0 Å². The molecule has 2 rings (SSSR count). The van der Waals surface area contributed by atoms with E-state index in [9.17, 15) is 0 Å². The van der Waals surface area contributed by atoms with Crippen molar-refractivity contribution in [1.29, 1.82) is 0 Å². The lowest BCUT2D eigenvalue weighted by Gasteiger charge is -2.33. The van der Waals surface area contributed by atoms with E-state index in [1.807, 2.05) is 0 Å². The molecule has 1 aromatic carbocycles. The quantitative estimate of drug-likeness (QED) is 0.861. The van der Waals surface area contributed by atoms with E-state index in [-0.39, 0.29) is 0 Å². The van der Waals surface area contributed by atoms with Crippen molar-refractivity contribution in [2.45, 2.75) is 58.3 Å². The van der Waals surface area contributed by atoms with Gasteiger partial charge in [0.2, 0.25) is 0 Å². The Balaban J connectivity index is 1.99.